The molecule has 3 unspecified atom stereocenters. The first-order valence-corrected chi connectivity index (χ1v) is 10.9. The van der Waals surface area contributed by atoms with E-state index in [0.717, 1.165) is 25.2 Å². The lowest BCUT2D eigenvalue weighted by atomic mass is 9.86. The fourth-order valence-corrected chi connectivity index (χ4v) is 5.04. The molecular weight excluding hydrogens is 475 g/mol. The normalized spacial score (nSPS) is 21.7. The molecule has 184 valence electrons. The zero-order chi connectivity index (χ0) is 24.7. The van der Waals surface area contributed by atoms with Crippen LogP contribution in [0.2, 0.25) is 0 Å². The fourth-order valence-electron chi connectivity index (χ4n) is 5.04. The predicted molar refractivity (Wildman–Crippen MR) is 110 cm³/mol. The van der Waals surface area contributed by atoms with Gasteiger partial charge in [-0.25, -0.2) is 4.98 Å². The van der Waals surface area contributed by atoms with E-state index in [1.807, 2.05) is 0 Å². The molecule has 3 aromatic rings. The van der Waals surface area contributed by atoms with Gasteiger partial charge in [0.1, 0.15) is 11.4 Å². The minimum absolute atomic E-state index is 0.0106. The Hall–Kier alpha value is -3.64. The van der Waals surface area contributed by atoms with Gasteiger partial charge in [-0.1, -0.05) is 0 Å². The number of fused-ring (bicyclic) bond motifs is 2. The van der Waals surface area contributed by atoms with Crippen LogP contribution in [0.4, 0.5) is 22.0 Å². The molecule has 0 aliphatic carbocycles. The van der Waals surface area contributed by atoms with Gasteiger partial charge in [0, 0.05) is 24.3 Å². The summed E-state index contributed by atoms with van der Waals surface area (Å²) in [5.41, 5.74) is -0.188. The van der Waals surface area contributed by atoms with E-state index in [4.69, 9.17) is 0 Å². The van der Waals surface area contributed by atoms with E-state index in [2.05, 4.69) is 24.9 Å². The van der Waals surface area contributed by atoms with Crippen molar-refractivity contribution < 1.29 is 31.5 Å². The van der Waals surface area contributed by atoms with E-state index in [9.17, 15) is 26.7 Å². The van der Waals surface area contributed by atoms with Crippen molar-refractivity contribution in [1.82, 2.24) is 29.9 Å². The SMILES string of the molecule is O=C(c1ccc(OC(F)F)cc1-n1nccn1)N1C2CCC1C(Cc1cnc(C(F)(F)F)cn1)C2. The fraction of sp³-hybridized carbons (Fsp3) is 0.409. The quantitative estimate of drug-likeness (QED) is 0.483. The maximum absolute atomic E-state index is 13.6. The molecule has 2 saturated heterocycles. The molecule has 0 saturated carbocycles. The molecule has 0 N–H and O–H groups in total. The van der Waals surface area contributed by atoms with Gasteiger partial charge in [-0.3, -0.25) is 9.78 Å². The minimum Gasteiger partial charge on any atom is -0.435 e. The molecule has 0 spiro atoms. The van der Waals surface area contributed by atoms with Crippen LogP contribution in [0.5, 0.6) is 5.75 Å². The van der Waals surface area contributed by atoms with E-state index < -0.39 is 18.5 Å². The van der Waals surface area contributed by atoms with Crippen LogP contribution in [0.25, 0.3) is 5.69 Å². The largest absolute Gasteiger partial charge is 0.435 e. The molecule has 35 heavy (non-hydrogen) atoms. The number of halogens is 5. The first kappa shape index (κ1) is 23.1. The number of alkyl halides is 5. The average Bonchev–Trinajstić information content (AvgIpc) is 3.55. The van der Waals surface area contributed by atoms with E-state index in [-0.39, 0.29) is 40.9 Å². The van der Waals surface area contributed by atoms with Crippen molar-refractivity contribution in [2.24, 2.45) is 5.92 Å². The van der Waals surface area contributed by atoms with Gasteiger partial charge in [0.25, 0.3) is 5.91 Å². The Bertz CT molecular complexity index is 1200. The summed E-state index contributed by atoms with van der Waals surface area (Å²) in [6.07, 6.45) is 2.71. The Morgan fingerprint density at radius 3 is 2.54 bits per heavy atom. The van der Waals surface area contributed by atoms with E-state index in [1.54, 1.807) is 4.90 Å². The highest BCUT2D eigenvalue weighted by Crippen LogP contribution is 2.44. The van der Waals surface area contributed by atoms with Crippen molar-refractivity contribution in [3.8, 4) is 11.4 Å². The Morgan fingerprint density at radius 2 is 1.89 bits per heavy atom. The van der Waals surface area contributed by atoms with Gasteiger partial charge in [0.2, 0.25) is 0 Å². The summed E-state index contributed by atoms with van der Waals surface area (Å²) in [4.78, 5) is 24.0. The first-order valence-electron chi connectivity index (χ1n) is 10.9. The summed E-state index contributed by atoms with van der Waals surface area (Å²) in [5.74, 6) is -0.419. The summed E-state index contributed by atoms with van der Waals surface area (Å²) < 4.78 is 68.2. The lowest BCUT2D eigenvalue weighted by Crippen LogP contribution is -2.37. The van der Waals surface area contributed by atoms with Crippen LogP contribution in [0.15, 0.2) is 43.0 Å². The number of hydrogen-bond acceptors (Lipinski definition) is 6. The van der Waals surface area contributed by atoms with Crippen LogP contribution in [0, 0.1) is 5.92 Å². The van der Waals surface area contributed by atoms with Crippen LogP contribution in [-0.2, 0) is 12.6 Å². The lowest BCUT2D eigenvalue weighted by molar-refractivity contribution is -0.141. The number of ether oxygens (including phenoxy) is 1. The molecule has 2 aliphatic rings. The molecule has 2 aliphatic heterocycles. The van der Waals surface area contributed by atoms with Gasteiger partial charge in [-0.05, 0) is 43.7 Å². The number of amides is 1. The summed E-state index contributed by atoms with van der Waals surface area (Å²) in [7, 11) is 0. The van der Waals surface area contributed by atoms with Crippen LogP contribution >= 0.6 is 0 Å². The standard InChI is InChI=1S/C22H19F5N6O2/c23-21(24)35-15-2-3-16(18(9-15)33-30-5-6-31-33)20(34)32-14-1-4-17(32)12(8-14)7-13-10-29-19(11-28-13)22(25,26)27/h2-3,5-6,9-12,14,17,21H,1,4,7-8H2. The number of carbonyl (C=O) groups is 1. The predicted octanol–water partition coefficient (Wildman–Crippen LogP) is 3.91. The van der Waals surface area contributed by atoms with Gasteiger partial charge < -0.3 is 9.64 Å². The molecule has 1 aromatic carbocycles. The van der Waals surface area contributed by atoms with Gasteiger partial charge >= 0.3 is 12.8 Å². The zero-order valence-electron chi connectivity index (χ0n) is 18.1. The third-order valence-electron chi connectivity index (χ3n) is 6.43. The number of rotatable bonds is 6. The molecule has 4 heterocycles. The second-order valence-electron chi connectivity index (χ2n) is 8.48. The first-order chi connectivity index (χ1) is 16.7. The molecular formula is C22H19F5N6O2. The van der Waals surface area contributed by atoms with Crippen molar-refractivity contribution in [2.75, 3.05) is 0 Å². The highest BCUT2D eigenvalue weighted by atomic mass is 19.4. The molecule has 1 amide bonds. The van der Waals surface area contributed by atoms with Gasteiger partial charge in [-0.2, -0.15) is 36.9 Å². The smallest absolute Gasteiger partial charge is 0.434 e. The maximum Gasteiger partial charge on any atom is 0.434 e. The maximum atomic E-state index is 13.6. The van der Waals surface area contributed by atoms with Crippen LogP contribution in [-0.4, -0.2) is 54.5 Å². The Labute approximate surface area is 195 Å². The third-order valence-corrected chi connectivity index (χ3v) is 6.43. The molecule has 2 fully saturated rings. The second kappa shape index (κ2) is 8.86. The molecule has 8 nitrogen and oxygen atoms in total. The summed E-state index contributed by atoms with van der Waals surface area (Å²) in [6, 6.07) is 3.81. The summed E-state index contributed by atoms with van der Waals surface area (Å²) in [5, 5.41) is 8.04. The van der Waals surface area contributed by atoms with Gasteiger partial charge in [-0.15, -0.1) is 0 Å². The molecule has 2 aromatic heterocycles. The van der Waals surface area contributed by atoms with Crippen molar-refractivity contribution >= 4 is 5.91 Å². The lowest BCUT2D eigenvalue weighted by Gasteiger charge is -2.25. The summed E-state index contributed by atoms with van der Waals surface area (Å²) in [6.45, 7) is -3.03. The van der Waals surface area contributed by atoms with Crippen molar-refractivity contribution in [1.29, 1.82) is 0 Å². The number of benzene rings is 1. The van der Waals surface area contributed by atoms with E-state index in [0.29, 0.717) is 18.5 Å². The second-order valence-corrected chi connectivity index (χ2v) is 8.48. The molecule has 13 heteroatoms. The van der Waals surface area contributed by atoms with Crippen molar-refractivity contribution in [2.45, 2.75) is 50.6 Å². The van der Waals surface area contributed by atoms with Crippen molar-refractivity contribution in [3.05, 3.63) is 59.9 Å². The highest BCUT2D eigenvalue weighted by molar-refractivity contribution is 5.98. The average molecular weight is 494 g/mol. The minimum atomic E-state index is -4.56. The highest BCUT2D eigenvalue weighted by Gasteiger charge is 2.49. The Balaban J connectivity index is 1.38. The molecule has 3 atom stereocenters. The molecule has 0 radical (unpaired) electrons. The monoisotopic (exact) mass is 494 g/mol. The number of carbonyl (C=O) groups excluding carboxylic acids is 1. The van der Waals surface area contributed by atoms with E-state index >= 15 is 0 Å². The number of nitrogens with zero attached hydrogens (tertiary/aromatic N) is 6. The zero-order valence-corrected chi connectivity index (χ0v) is 18.1. The summed E-state index contributed by atoms with van der Waals surface area (Å²) >= 11 is 0. The van der Waals surface area contributed by atoms with Crippen LogP contribution in [0.3, 0.4) is 0 Å². The van der Waals surface area contributed by atoms with Crippen LogP contribution in [0.1, 0.15) is 41.0 Å². The van der Waals surface area contributed by atoms with Crippen molar-refractivity contribution in [3.63, 3.8) is 0 Å². The Morgan fingerprint density at radius 1 is 1.11 bits per heavy atom. The van der Waals surface area contributed by atoms with Gasteiger partial charge in [0.05, 0.1) is 29.8 Å². The molecule has 5 rings (SSSR count). The topological polar surface area (TPSA) is 86.0 Å². The Kier molecular flexibility index (Phi) is 5.85. The number of hydrogen-bond donors (Lipinski definition) is 0. The molecule has 2 bridgehead atoms. The third kappa shape index (κ3) is 4.54. The van der Waals surface area contributed by atoms with Gasteiger partial charge in [0.15, 0.2) is 5.69 Å². The van der Waals surface area contributed by atoms with E-state index in [1.165, 1.54) is 35.4 Å². The van der Waals surface area contributed by atoms with Crippen LogP contribution < -0.4 is 4.74 Å². The number of aromatic nitrogens is 5.